The molecule has 4 amide bonds. The van der Waals surface area contributed by atoms with Gasteiger partial charge in [0.2, 0.25) is 5.91 Å². The number of alkyl carbamates (subject to hydrolysis) is 2. The van der Waals surface area contributed by atoms with Crippen molar-refractivity contribution in [3.63, 3.8) is 0 Å². The summed E-state index contributed by atoms with van der Waals surface area (Å²) in [5.41, 5.74) is 7.03. The van der Waals surface area contributed by atoms with E-state index in [4.69, 9.17) is 33.7 Å². The van der Waals surface area contributed by atoms with Gasteiger partial charge in [-0.3, -0.25) is 9.59 Å². The highest BCUT2D eigenvalue weighted by Crippen LogP contribution is 2.43. The molecule has 3 aliphatic heterocycles. The first-order valence-corrected chi connectivity index (χ1v) is 21.7. The SMILES string of the molecule is COC[C@H]1C[C@@H](c2ncc(-c3ccc4c(c3)OCc3cc5c(ccc6nc([C@@H]7CCCN7C(=O)[C@H](NC(=O)OC)c7ccccc7)[nH]c65)cc3-4)[nH]2)N(C(=O)C(NC(=O)OC)[C@@H](C)OC)C1. The van der Waals surface area contributed by atoms with E-state index in [0.717, 1.165) is 68.3 Å². The van der Waals surface area contributed by atoms with Gasteiger partial charge in [0, 0.05) is 49.7 Å². The van der Waals surface area contributed by atoms with Crippen LogP contribution in [0.2, 0.25) is 0 Å². The zero-order chi connectivity index (χ0) is 45.4. The molecule has 6 atom stereocenters. The lowest BCUT2D eigenvalue weighted by atomic mass is 9.92. The van der Waals surface area contributed by atoms with Gasteiger partial charge in [-0.15, -0.1) is 0 Å². The van der Waals surface area contributed by atoms with Crippen LogP contribution in [0.15, 0.2) is 79.0 Å². The van der Waals surface area contributed by atoms with Gasteiger partial charge >= 0.3 is 12.2 Å². The van der Waals surface area contributed by atoms with Gasteiger partial charge in [-0.2, -0.15) is 0 Å². The number of aromatic nitrogens is 4. The summed E-state index contributed by atoms with van der Waals surface area (Å²) < 4.78 is 27.1. The summed E-state index contributed by atoms with van der Waals surface area (Å²) in [6.07, 6.45) is 1.89. The fourth-order valence-corrected chi connectivity index (χ4v) is 9.54. The Hall–Kier alpha value is -6.98. The van der Waals surface area contributed by atoms with E-state index < -0.39 is 36.4 Å². The van der Waals surface area contributed by atoms with E-state index >= 15 is 0 Å². The molecule has 0 spiro atoms. The third kappa shape index (κ3) is 8.32. The van der Waals surface area contributed by atoms with Gasteiger partial charge in [0.1, 0.15) is 36.1 Å². The zero-order valence-corrected chi connectivity index (χ0v) is 36.9. The lowest BCUT2D eigenvalue weighted by Gasteiger charge is -2.30. The van der Waals surface area contributed by atoms with Crippen molar-refractivity contribution in [3.8, 4) is 28.1 Å². The number of ether oxygens (including phenoxy) is 5. The predicted octanol–water partition coefficient (Wildman–Crippen LogP) is 6.72. The van der Waals surface area contributed by atoms with Gasteiger partial charge in [0.25, 0.3) is 5.91 Å². The van der Waals surface area contributed by atoms with Crippen LogP contribution in [-0.4, -0.2) is 114 Å². The van der Waals surface area contributed by atoms with Crippen molar-refractivity contribution in [1.29, 1.82) is 0 Å². The van der Waals surface area contributed by atoms with E-state index in [2.05, 4.69) is 44.9 Å². The molecular weight excluding hydrogens is 833 g/mol. The van der Waals surface area contributed by atoms with Crippen LogP contribution in [0.1, 0.15) is 67.1 Å². The summed E-state index contributed by atoms with van der Waals surface area (Å²) in [6, 6.07) is 21.1. The van der Waals surface area contributed by atoms with Crippen LogP contribution in [0.3, 0.4) is 0 Å². The Bertz CT molecular complexity index is 2760. The van der Waals surface area contributed by atoms with Gasteiger partial charge in [-0.05, 0) is 78.6 Å². The molecule has 0 aliphatic carbocycles. The number of carbonyl (C=O) groups excluding carboxylic acids is 4. The Labute approximate surface area is 375 Å². The maximum atomic E-state index is 14.1. The van der Waals surface area contributed by atoms with Crippen LogP contribution in [0.25, 0.3) is 44.2 Å². The van der Waals surface area contributed by atoms with Crippen LogP contribution < -0.4 is 15.4 Å². The number of H-pyrrole nitrogens is 2. The molecule has 2 fully saturated rings. The maximum Gasteiger partial charge on any atom is 0.407 e. The Balaban J connectivity index is 0.966. The lowest BCUT2D eigenvalue weighted by Crippen LogP contribution is -2.54. The molecule has 0 radical (unpaired) electrons. The largest absolute Gasteiger partial charge is 0.488 e. The average Bonchev–Trinajstić information content (AvgIpc) is 4.18. The van der Waals surface area contributed by atoms with Crippen LogP contribution in [0.5, 0.6) is 5.75 Å². The highest BCUT2D eigenvalue weighted by atomic mass is 16.5. The molecule has 3 aliphatic rings. The Morgan fingerprint density at radius 1 is 0.862 bits per heavy atom. The van der Waals surface area contributed by atoms with Crippen LogP contribution in [0, 0.1) is 5.92 Å². The fourth-order valence-electron chi connectivity index (χ4n) is 9.54. The number of rotatable bonds is 12. The Morgan fingerprint density at radius 3 is 2.43 bits per heavy atom. The molecule has 6 aromatic rings. The quantitative estimate of drug-likeness (QED) is 0.102. The molecule has 5 heterocycles. The van der Waals surface area contributed by atoms with Crippen molar-refractivity contribution in [1.82, 2.24) is 40.4 Å². The predicted molar refractivity (Wildman–Crippen MR) is 240 cm³/mol. The van der Waals surface area contributed by atoms with E-state index in [1.54, 1.807) is 30.0 Å². The molecule has 0 saturated carbocycles. The number of likely N-dealkylation sites (tertiary alicyclic amines) is 2. The van der Waals surface area contributed by atoms with Gasteiger partial charge < -0.3 is 54.1 Å². The molecular formula is C48H52N8O9. The molecule has 2 saturated heterocycles. The number of carbonyl (C=O) groups is 4. The number of fused-ring (bicyclic) bond motifs is 6. The minimum atomic E-state index is -0.968. The van der Waals surface area contributed by atoms with Crippen LogP contribution in [-0.2, 0) is 35.1 Å². The zero-order valence-electron chi connectivity index (χ0n) is 36.9. The smallest absolute Gasteiger partial charge is 0.407 e. The van der Waals surface area contributed by atoms with Gasteiger partial charge in [-0.25, -0.2) is 19.6 Å². The van der Waals surface area contributed by atoms with E-state index in [0.29, 0.717) is 49.9 Å². The molecule has 4 aromatic carbocycles. The summed E-state index contributed by atoms with van der Waals surface area (Å²) in [7, 11) is 5.66. The topological polar surface area (TPSA) is 202 Å². The number of hydrogen-bond donors (Lipinski definition) is 4. The molecule has 0 bridgehead atoms. The number of benzene rings is 4. The summed E-state index contributed by atoms with van der Waals surface area (Å²) >= 11 is 0. The molecule has 17 nitrogen and oxygen atoms in total. The number of amides is 4. The maximum absolute atomic E-state index is 14.1. The number of methoxy groups -OCH3 is 4. The van der Waals surface area contributed by atoms with Crippen molar-refractivity contribution >= 4 is 45.8 Å². The second-order valence-corrected chi connectivity index (χ2v) is 16.8. The first-order chi connectivity index (χ1) is 31.6. The highest BCUT2D eigenvalue weighted by molar-refractivity contribution is 6.06. The van der Waals surface area contributed by atoms with E-state index in [1.165, 1.54) is 21.3 Å². The summed E-state index contributed by atoms with van der Waals surface area (Å²) in [4.78, 5) is 73.1. The number of imidazole rings is 2. The van der Waals surface area contributed by atoms with E-state index in [1.807, 2.05) is 48.5 Å². The summed E-state index contributed by atoms with van der Waals surface area (Å²) in [6.45, 7) is 3.49. The number of hydrogen-bond acceptors (Lipinski definition) is 11. The molecule has 4 N–H and O–H groups in total. The number of nitrogens with one attached hydrogen (secondary N) is 4. The second-order valence-electron chi connectivity index (χ2n) is 16.8. The molecule has 2 aromatic heterocycles. The van der Waals surface area contributed by atoms with Crippen molar-refractivity contribution in [2.24, 2.45) is 5.92 Å². The number of aromatic amines is 2. The Kier molecular flexibility index (Phi) is 12.2. The minimum absolute atomic E-state index is 0.0589. The summed E-state index contributed by atoms with van der Waals surface area (Å²) in [5, 5.41) is 7.40. The standard InChI is InChI=1S/C48H52N8O9/c1-26(62-3)40(53-47(59)63-4)45(57)56-23-27(24-61-2)18-38(56)43-49-22-36(51-43)30-13-15-32-33-19-29-14-16-35-42(34(29)20-31(33)25-65-39(32)21-30)52-44(50-35)37-12-9-17-55(37)46(58)41(54-48(60)64-5)28-10-7-6-8-11-28/h6-8,10-11,13-16,19-22,26-27,37-38,40-41H,9,12,17-18,23-25H2,1-5H3,(H,49,51)(H,50,52)(H,53,59)(H,54,60)/t26-,27+,37+,38+,40?,41-/m1/s1. The van der Waals surface area contributed by atoms with Crippen LogP contribution >= 0.6 is 0 Å². The van der Waals surface area contributed by atoms with E-state index in [9.17, 15) is 19.2 Å². The van der Waals surface area contributed by atoms with Crippen LogP contribution in [0.4, 0.5) is 9.59 Å². The first kappa shape index (κ1) is 43.3. The molecule has 1 unspecified atom stereocenters. The van der Waals surface area contributed by atoms with Crippen molar-refractivity contribution in [3.05, 3.63) is 102 Å². The Morgan fingerprint density at radius 2 is 1.66 bits per heavy atom. The van der Waals surface area contributed by atoms with Crippen molar-refractivity contribution < 1.29 is 42.9 Å². The normalized spacial score (nSPS) is 19.2. The van der Waals surface area contributed by atoms with Crippen molar-refractivity contribution in [2.75, 3.05) is 48.1 Å². The summed E-state index contributed by atoms with van der Waals surface area (Å²) in [5.74, 6) is 1.58. The molecule has 65 heavy (non-hydrogen) atoms. The second kappa shape index (κ2) is 18.3. The average molecular weight is 885 g/mol. The third-order valence-corrected chi connectivity index (χ3v) is 12.9. The fraction of sp³-hybridized carbons (Fsp3) is 0.375. The van der Waals surface area contributed by atoms with Crippen molar-refractivity contribution in [2.45, 2.75) is 63.1 Å². The number of nitrogens with zero attached hydrogens (tertiary/aromatic N) is 4. The van der Waals surface area contributed by atoms with E-state index in [-0.39, 0.29) is 23.8 Å². The molecule has 9 rings (SSSR count). The van der Waals surface area contributed by atoms with Gasteiger partial charge in [0.15, 0.2) is 0 Å². The molecule has 17 heteroatoms. The lowest BCUT2D eigenvalue weighted by molar-refractivity contribution is -0.138. The monoisotopic (exact) mass is 884 g/mol. The minimum Gasteiger partial charge on any atom is -0.488 e. The third-order valence-electron chi connectivity index (χ3n) is 12.9. The van der Waals surface area contributed by atoms with Gasteiger partial charge in [0.05, 0.1) is 61.9 Å². The highest BCUT2D eigenvalue weighted by Gasteiger charge is 2.43. The molecule has 338 valence electrons. The van der Waals surface area contributed by atoms with Gasteiger partial charge in [-0.1, -0.05) is 42.5 Å². The first-order valence-electron chi connectivity index (χ1n) is 21.7.